The zero-order chi connectivity index (χ0) is 16.8. The molecule has 0 unspecified atom stereocenters. The number of hydrogen-bond acceptors (Lipinski definition) is 2. The smallest absolute Gasteiger partial charge is 1.00 e. The Hall–Kier alpha value is -1.51. The lowest BCUT2D eigenvalue weighted by atomic mass is 10.1. The molecule has 1 aliphatic carbocycles. The maximum Gasteiger partial charge on any atom is 1.00 e. The second-order valence-corrected chi connectivity index (χ2v) is 6.74. The summed E-state index contributed by atoms with van der Waals surface area (Å²) in [4.78, 5) is 5.16. The lowest BCUT2D eigenvalue weighted by Crippen LogP contribution is -3.00. The van der Waals surface area contributed by atoms with E-state index in [-0.39, 0.29) is 13.8 Å². The summed E-state index contributed by atoms with van der Waals surface area (Å²) in [5.74, 6) is 0. The summed E-state index contributed by atoms with van der Waals surface area (Å²) in [6.07, 6.45) is 3.58. The number of hydrogen-bond donors (Lipinski definition) is 0. The summed E-state index contributed by atoms with van der Waals surface area (Å²) < 4.78 is 0. The third kappa shape index (κ3) is 4.99. The third-order valence-corrected chi connectivity index (χ3v) is 5.33. The minimum absolute atomic E-state index is 0. The van der Waals surface area contributed by atoms with Crippen molar-refractivity contribution in [3.8, 4) is 0 Å². The average Bonchev–Trinajstić information content (AvgIpc) is 3.06. The van der Waals surface area contributed by atoms with Gasteiger partial charge in [-0.2, -0.15) is 0 Å². The van der Waals surface area contributed by atoms with E-state index in [2.05, 4.69) is 78.2 Å². The van der Waals surface area contributed by atoms with Crippen molar-refractivity contribution in [3.05, 3.63) is 65.7 Å². The van der Waals surface area contributed by atoms with Gasteiger partial charge < -0.3 is 22.2 Å². The SMILES string of the molecule is CCN(CC)CCCN(c1ccccc1)C1Cc2ccccc2C1.[Cl-].[H+]. The molecule has 0 saturated heterocycles. The van der Waals surface area contributed by atoms with Crippen LogP contribution in [0.5, 0.6) is 0 Å². The average molecular weight is 359 g/mol. The lowest BCUT2D eigenvalue weighted by molar-refractivity contribution is -0.00000501. The van der Waals surface area contributed by atoms with Crippen LogP contribution in [0.15, 0.2) is 54.6 Å². The van der Waals surface area contributed by atoms with Crippen LogP contribution >= 0.6 is 0 Å². The monoisotopic (exact) mass is 358 g/mol. The molecule has 0 amide bonds. The van der Waals surface area contributed by atoms with Gasteiger partial charge in [-0.15, -0.1) is 0 Å². The molecule has 0 spiro atoms. The molecule has 0 fully saturated rings. The van der Waals surface area contributed by atoms with Gasteiger partial charge in [-0.3, -0.25) is 0 Å². The summed E-state index contributed by atoms with van der Waals surface area (Å²) in [5, 5.41) is 0. The fraction of sp³-hybridized carbons (Fsp3) is 0.455. The van der Waals surface area contributed by atoms with Crippen LogP contribution in [0, 0.1) is 0 Å². The molecular formula is C22H31ClN2. The number of fused-ring (bicyclic) bond motifs is 1. The highest BCUT2D eigenvalue weighted by atomic mass is 35.5. The van der Waals surface area contributed by atoms with Crippen LogP contribution in [0.3, 0.4) is 0 Å². The van der Waals surface area contributed by atoms with Gasteiger partial charge in [0.25, 0.3) is 0 Å². The van der Waals surface area contributed by atoms with Crippen molar-refractivity contribution in [2.75, 3.05) is 31.1 Å². The first-order valence-corrected chi connectivity index (χ1v) is 9.42. The van der Waals surface area contributed by atoms with Crippen LogP contribution in [0.1, 0.15) is 32.8 Å². The quantitative estimate of drug-likeness (QED) is 0.705. The summed E-state index contributed by atoms with van der Waals surface area (Å²) in [5.41, 5.74) is 4.44. The number of benzene rings is 2. The van der Waals surface area contributed by atoms with E-state index >= 15 is 0 Å². The Bertz CT molecular complexity index is 606. The molecule has 0 bridgehead atoms. The number of rotatable bonds is 8. The van der Waals surface area contributed by atoms with Gasteiger partial charge in [-0.1, -0.05) is 56.3 Å². The van der Waals surface area contributed by atoms with Crippen molar-refractivity contribution in [1.82, 2.24) is 4.90 Å². The Morgan fingerprint density at radius 3 is 1.96 bits per heavy atom. The summed E-state index contributed by atoms with van der Waals surface area (Å²) in [7, 11) is 0. The van der Waals surface area contributed by atoms with Crippen LogP contribution in [0.25, 0.3) is 0 Å². The van der Waals surface area contributed by atoms with E-state index in [0.29, 0.717) is 6.04 Å². The molecule has 0 atom stereocenters. The van der Waals surface area contributed by atoms with Gasteiger partial charge in [0.15, 0.2) is 0 Å². The van der Waals surface area contributed by atoms with Gasteiger partial charge in [0.05, 0.1) is 0 Å². The molecule has 0 aliphatic heterocycles. The zero-order valence-corrected chi connectivity index (χ0v) is 16.3. The van der Waals surface area contributed by atoms with Gasteiger partial charge in [0.2, 0.25) is 0 Å². The normalized spacial score (nSPS) is 13.6. The van der Waals surface area contributed by atoms with E-state index in [4.69, 9.17) is 0 Å². The Morgan fingerprint density at radius 1 is 0.840 bits per heavy atom. The molecule has 0 heterocycles. The van der Waals surface area contributed by atoms with E-state index < -0.39 is 0 Å². The molecule has 25 heavy (non-hydrogen) atoms. The van der Waals surface area contributed by atoms with Crippen molar-refractivity contribution in [1.29, 1.82) is 0 Å². The maximum absolute atomic E-state index is 2.64. The Morgan fingerprint density at radius 2 is 1.40 bits per heavy atom. The molecule has 0 radical (unpaired) electrons. The second kappa shape index (κ2) is 9.84. The first-order chi connectivity index (χ1) is 11.8. The third-order valence-electron chi connectivity index (χ3n) is 5.33. The largest absolute Gasteiger partial charge is 1.00 e. The number of halogens is 1. The topological polar surface area (TPSA) is 6.48 Å². The van der Waals surface area contributed by atoms with Crippen molar-refractivity contribution in [2.24, 2.45) is 0 Å². The molecule has 3 heteroatoms. The van der Waals surface area contributed by atoms with E-state index in [1.54, 1.807) is 0 Å². The number of nitrogens with zero attached hydrogens (tertiary/aromatic N) is 2. The van der Waals surface area contributed by atoms with E-state index in [0.717, 1.165) is 19.6 Å². The van der Waals surface area contributed by atoms with Gasteiger partial charge in [0.1, 0.15) is 0 Å². The molecule has 0 aromatic heterocycles. The highest BCUT2D eigenvalue weighted by Crippen LogP contribution is 2.29. The van der Waals surface area contributed by atoms with E-state index in [1.807, 2.05) is 0 Å². The molecule has 3 rings (SSSR count). The van der Waals surface area contributed by atoms with Crippen molar-refractivity contribution < 1.29 is 13.8 Å². The lowest BCUT2D eigenvalue weighted by Gasteiger charge is -2.32. The Balaban J connectivity index is 0.00000169. The summed E-state index contributed by atoms with van der Waals surface area (Å²) in [6.45, 7) is 9.14. The first-order valence-electron chi connectivity index (χ1n) is 9.42. The number of para-hydroxylation sites is 1. The molecular weight excluding hydrogens is 328 g/mol. The van der Waals surface area contributed by atoms with Gasteiger partial charge in [-0.05, 0) is 62.2 Å². The summed E-state index contributed by atoms with van der Waals surface area (Å²) in [6, 6.07) is 20.5. The molecule has 2 nitrogen and oxygen atoms in total. The fourth-order valence-electron chi connectivity index (χ4n) is 3.90. The predicted molar refractivity (Wildman–Crippen MR) is 105 cm³/mol. The molecule has 0 N–H and O–H groups in total. The van der Waals surface area contributed by atoms with Crippen LogP contribution < -0.4 is 17.3 Å². The van der Waals surface area contributed by atoms with Gasteiger partial charge >= 0.3 is 1.43 Å². The standard InChI is InChI=1S/C22H30N2.ClH/c1-3-23(4-2)15-10-16-24(21-13-6-5-7-14-21)22-17-19-11-8-9-12-20(19)18-22;/h5-9,11-14,22H,3-4,10,15-18H2,1-2H3;1H. The van der Waals surface area contributed by atoms with Crippen molar-refractivity contribution >= 4 is 5.69 Å². The fourth-order valence-corrected chi connectivity index (χ4v) is 3.90. The molecule has 1 aliphatic rings. The highest BCUT2D eigenvalue weighted by molar-refractivity contribution is 5.49. The van der Waals surface area contributed by atoms with Crippen LogP contribution in [0.4, 0.5) is 5.69 Å². The van der Waals surface area contributed by atoms with E-state index in [9.17, 15) is 0 Å². The van der Waals surface area contributed by atoms with Crippen LogP contribution in [0.2, 0.25) is 0 Å². The Kier molecular flexibility index (Phi) is 7.80. The summed E-state index contributed by atoms with van der Waals surface area (Å²) >= 11 is 0. The predicted octanol–water partition coefficient (Wildman–Crippen LogP) is 1.51. The van der Waals surface area contributed by atoms with Crippen molar-refractivity contribution in [3.63, 3.8) is 0 Å². The minimum Gasteiger partial charge on any atom is -1.00 e. The van der Waals surface area contributed by atoms with Crippen LogP contribution in [-0.4, -0.2) is 37.1 Å². The van der Waals surface area contributed by atoms with Gasteiger partial charge in [-0.25, -0.2) is 0 Å². The first kappa shape index (κ1) is 19.8. The number of anilines is 1. The Labute approximate surface area is 160 Å². The van der Waals surface area contributed by atoms with E-state index in [1.165, 1.54) is 42.6 Å². The van der Waals surface area contributed by atoms with Gasteiger partial charge in [0, 0.05) is 18.3 Å². The molecule has 2 aromatic rings. The zero-order valence-electron chi connectivity index (χ0n) is 16.5. The minimum atomic E-state index is 0. The van der Waals surface area contributed by atoms with Crippen LogP contribution in [-0.2, 0) is 12.8 Å². The second-order valence-electron chi connectivity index (χ2n) is 6.74. The van der Waals surface area contributed by atoms with Crippen molar-refractivity contribution in [2.45, 2.75) is 39.2 Å². The molecule has 136 valence electrons. The maximum atomic E-state index is 2.64. The molecule has 0 saturated carbocycles. The molecule has 2 aromatic carbocycles. The highest BCUT2D eigenvalue weighted by Gasteiger charge is 2.26.